The van der Waals surface area contributed by atoms with Crippen LogP contribution in [0.5, 0.6) is 0 Å². The van der Waals surface area contributed by atoms with E-state index in [0.717, 1.165) is 0 Å². The van der Waals surface area contributed by atoms with E-state index < -0.39 is 0 Å². The summed E-state index contributed by atoms with van der Waals surface area (Å²) in [4.78, 5) is 32.6. The first kappa shape index (κ1) is 17.1. The van der Waals surface area contributed by atoms with Crippen LogP contribution in [0, 0.1) is 6.92 Å². The van der Waals surface area contributed by atoms with Crippen LogP contribution >= 0.6 is 0 Å². The minimum atomic E-state index is -0.312. The molecule has 1 aliphatic heterocycles. The largest absolute Gasteiger partial charge is 0.337 e. The van der Waals surface area contributed by atoms with Gasteiger partial charge in [0.2, 0.25) is 11.8 Å². The highest BCUT2D eigenvalue weighted by Crippen LogP contribution is 2.26. The molecule has 0 aliphatic carbocycles. The van der Waals surface area contributed by atoms with Crippen LogP contribution in [-0.2, 0) is 11.3 Å². The Morgan fingerprint density at radius 1 is 1.32 bits per heavy atom. The van der Waals surface area contributed by atoms with Crippen LogP contribution in [0.2, 0.25) is 0 Å². The van der Waals surface area contributed by atoms with Crippen molar-refractivity contribution in [3.05, 3.63) is 29.7 Å². The number of nitrogens with zero attached hydrogens (tertiary/aromatic N) is 6. The Morgan fingerprint density at radius 2 is 2.12 bits per heavy atom. The number of hydrogen-bond acceptors (Lipinski definition) is 6. The molecular weight excluding hydrogens is 324 g/mol. The second-order valence-corrected chi connectivity index (χ2v) is 6.02. The number of aromatic nitrogens is 4. The summed E-state index contributed by atoms with van der Waals surface area (Å²) in [5.74, 6) is 0.794. The van der Waals surface area contributed by atoms with E-state index in [-0.39, 0.29) is 17.9 Å². The molecule has 0 aromatic carbocycles. The van der Waals surface area contributed by atoms with Gasteiger partial charge in [0.05, 0.1) is 0 Å². The predicted molar refractivity (Wildman–Crippen MR) is 87.6 cm³/mol. The van der Waals surface area contributed by atoms with Crippen LogP contribution in [0.25, 0.3) is 0 Å². The zero-order valence-electron chi connectivity index (χ0n) is 14.7. The summed E-state index contributed by atoms with van der Waals surface area (Å²) in [6.45, 7) is 7.21. The van der Waals surface area contributed by atoms with Crippen molar-refractivity contribution in [3.8, 4) is 0 Å². The summed E-state index contributed by atoms with van der Waals surface area (Å²) in [5, 5.41) is 7.97. The molecule has 1 unspecified atom stereocenters. The molecule has 25 heavy (non-hydrogen) atoms. The molecule has 9 heteroatoms. The van der Waals surface area contributed by atoms with Gasteiger partial charge in [-0.25, -0.2) is 0 Å². The van der Waals surface area contributed by atoms with Crippen molar-refractivity contribution in [1.82, 2.24) is 29.7 Å². The smallest absolute Gasteiger partial charge is 0.272 e. The van der Waals surface area contributed by atoms with Crippen molar-refractivity contribution < 1.29 is 14.1 Å². The second kappa shape index (κ2) is 7.04. The summed E-state index contributed by atoms with van der Waals surface area (Å²) in [5.41, 5.74) is 0.559. The SMILES string of the molecule is CCn1nccc1C(=O)N1CCC(c2nc(C)no2)N(C(C)=O)CC1. The fraction of sp³-hybridized carbons (Fsp3) is 0.562. The number of amides is 2. The third kappa shape index (κ3) is 3.40. The van der Waals surface area contributed by atoms with E-state index in [0.29, 0.717) is 50.0 Å². The zero-order chi connectivity index (χ0) is 18.0. The van der Waals surface area contributed by atoms with Crippen molar-refractivity contribution >= 4 is 11.8 Å². The third-order valence-corrected chi connectivity index (χ3v) is 4.41. The van der Waals surface area contributed by atoms with Gasteiger partial charge in [-0.3, -0.25) is 14.3 Å². The lowest BCUT2D eigenvalue weighted by Crippen LogP contribution is -2.38. The van der Waals surface area contributed by atoms with Gasteiger partial charge in [-0.1, -0.05) is 5.16 Å². The first-order valence-corrected chi connectivity index (χ1v) is 8.39. The van der Waals surface area contributed by atoms with Gasteiger partial charge in [0.15, 0.2) is 5.82 Å². The van der Waals surface area contributed by atoms with Gasteiger partial charge in [0.1, 0.15) is 11.7 Å². The Labute approximate surface area is 145 Å². The Balaban J connectivity index is 1.81. The van der Waals surface area contributed by atoms with E-state index in [2.05, 4.69) is 15.2 Å². The molecule has 2 aromatic rings. The lowest BCUT2D eigenvalue weighted by Gasteiger charge is -2.25. The van der Waals surface area contributed by atoms with Gasteiger partial charge in [-0.15, -0.1) is 0 Å². The third-order valence-electron chi connectivity index (χ3n) is 4.41. The maximum Gasteiger partial charge on any atom is 0.272 e. The normalized spacial score (nSPS) is 18.3. The van der Waals surface area contributed by atoms with Crippen LogP contribution in [0.1, 0.15) is 48.5 Å². The topological polar surface area (TPSA) is 97.4 Å². The lowest BCUT2D eigenvalue weighted by atomic mass is 10.1. The quantitative estimate of drug-likeness (QED) is 0.823. The fourth-order valence-electron chi connectivity index (χ4n) is 3.14. The second-order valence-electron chi connectivity index (χ2n) is 6.02. The summed E-state index contributed by atoms with van der Waals surface area (Å²) in [6, 6.07) is 1.41. The van der Waals surface area contributed by atoms with Crippen LogP contribution < -0.4 is 0 Å². The van der Waals surface area contributed by atoms with Crippen LogP contribution in [0.15, 0.2) is 16.8 Å². The Hall–Kier alpha value is -2.71. The van der Waals surface area contributed by atoms with Gasteiger partial charge in [0.25, 0.3) is 5.91 Å². The molecule has 3 heterocycles. The zero-order valence-corrected chi connectivity index (χ0v) is 14.7. The average molecular weight is 346 g/mol. The molecule has 0 spiro atoms. The highest BCUT2D eigenvalue weighted by atomic mass is 16.5. The maximum absolute atomic E-state index is 12.8. The molecule has 9 nitrogen and oxygen atoms in total. The molecule has 1 fully saturated rings. The summed E-state index contributed by atoms with van der Waals surface area (Å²) in [6.07, 6.45) is 2.17. The number of carbonyl (C=O) groups excluding carboxylic acids is 2. The van der Waals surface area contributed by atoms with Crippen LogP contribution in [0.3, 0.4) is 0 Å². The Morgan fingerprint density at radius 3 is 2.76 bits per heavy atom. The average Bonchev–Trinajstić information content (AvgIpc) is 3.17. The summed E-state index contributed by atoms with van der Waals surface area (Å²) in [7, 11) is 0. The van der Waals surface area contributed by atoms with Crippen molar-refractivity contribution in [2.75, 3.05) is 19.6 Å². The minimum absolute atomic E-state index is 0.0752. The van der Waals surface area contributed by atoms with Crippen molar-refractivity contribution in [3.63, 3.8) is 0 Å². The minimum Gasteiger partial charge on any atom is -0.337 e. The van der Waals surface area contributed by atoms with Gasteiger partial charge < -0.3 is 14.3 Å². The molecule has 1 aliphatic rings. The molecule has 2 aromatic heterocycles. The molecule has 0 N–H and O–H groups in total. The molecule has 1 atom stereocenters. The van der Waals surface area contributed by atoms with E-state index in [9.17, 15) is 9.59 Å². The first-order valence-electron chi connectivity index (χ1n) is 8.39. The van der Waals surface area contributed by atoms with E-state index in [1.54, 1.807) is 33.7 Å². The van der Waals surface area contributed by atoms with Gasteiger partial charge in [-0.05, 0) is 26.3 Å². The molecule has 0 saturated carbocycles. The molecular formula is C16H22N6O3. The summed E-state index contributed by atoms with van der Waals surface area (Å²) < 4.78 is 6.95. The number of hydrogen-bond donors (Lipinski definition) is 0. The van der Waals surface area contributed by atoms with Crippen molar-refractivity contribution in [2.45, 2.75) is 39.8 Å². The van der Waals surface area contributed by atoms with Crippen molar-refractivity contribution in [1.29, 1.82) is 0 Å². The highest BCUT2D eigenvalue weighted by Gasteiger charge is 2.33. The summed E-state index contributed by atoms with van der Waals surface area (Å²) >= 11 is 0. The molecule has 134 valence electrons. The number of carbonyl (C=O) groups is 2. The first-order chi connectivity index (χ1) is 12.0. The highest BCUT2D eigenvalue weighted by molar-refractivity contribution is 5.92. The van der Waals surface area contributed by atoms with E-state index in [1.807, 2.05) is 6.92 Å². The predicted octanol–water partition coefficient (Wildman–Crippen LogP) is 1.03. The molecule has 3 rings (SSSR count). The van der Waals surface area contributed by atoms with Gasteiger partial charge >= 0.3 is 0 Å². The lowest BCUT2D eigenvalue weighted by molar-refractivity contribution is -0.131. The number of aryl methyl sites for hydroxylation is 2. The van der Waals surface area contributed by atoms with Crippen LogP contribution in [0.4, 0.5) is 0 Å². The van der Waals surface area contributed by atoms with E-state index >= 15 is 0 Å². The van der Waals surface area contributed by atoms with E-state index in [1.165, 1.54) is 6.92 Å². The fourth-order valence-corrected chi connectivity index (χ4v) is 3.14. The van der Waals surface area contributed by atoms with Crippen molar-refractivity contribution in [2.24, 2.45) is 0 Å². The molecule has 1 saturated heterocycles. The molecule has 2 amide bonds. The monoisotopic (exact) mass is 346 g/mol. The Bertz CT molecular complexity index is 768. The van der Waals surface area contributed by atoms with Gasteiger partial charge in [-0.2, -0.15) is 10.1 Å². The number of rotatable bonds is 3. The molecule has 0 radical (unpaired) electrons. The molecule has 0 bridgehead atoms. The standard InChI is InChI=1S/C16H22N6O3/c1-4-22-14(5-7-17-22)16(24)20-8-6-13(15-18-11(2)19-25-15)21(10-9-20)12(3)23/h5,7,13H,4,6,8-10H2,1-3H3. The Kier molecular flexibility index (Phi) is 4.82. The van der Waals surface area contributed by atoms with Gasteiger partial charge in [0, 0.05) is 39.3 Å². The van der Waals surface area contributed by atoms with Crippen LogP contribution in [-0.4, -0.2) is 61.2 Å². The maximum atomic E-state index is 12.8. The van der Waals surface area contributed by atoms with E-state index in [4.69, 9.17) is 4.52 Å².